The van der Waals surface area contributed by atoms with Crippen molar-refractivity contribution < 1.29 is 4.74 Å². The van der Waals surface area contributed by atoms with Gasteiger partial charge in [0.25, 0.3) is 0 Å². The van der Waals surface area contributed by atoms with Crippen LogP contribution in [0.5, 0.6) is 5.88 Å². The summed E-state index contributed by atoms with van der Waals surface area (Å²) in [6.07, 6.45) is 1.85. The van der Waals surface area contributed by atoms with E-state index in [4.69, 9.17) is 4.74 Å². The molecular weight excluding hydrogens is 174 g/mol. The standard InChI is InChI=1S/C10H15NO.C2H6/c1-5-12-10-9(4)8(3)7(2)6-11-10;1-2/h6H,5H2,1-4H3;1-2H3. The molecule has 0 unspecified atom stereocenters. The fraction of sp³-hybridized carbons (Fsp3) is 0.583. The molecule has 0 atom stereocenters. The average Bonchev–Trinajstić information content (AvgIpc) is 2.22. The number of hydrogen-bond acceptors (Lipinski definition) is 2. The van der Waals surface area contributed by atoms with Gasteiger partial charge in [-0.2, -0.15) is 0 Å². The minimum Gasteiger partial charge on any atom is -0.478 e. The maximum absolute atomic E-state index is 5.36. The first-order valence-electron chi connectivity index (χ1n) is 5.22. The van der Waals surface area contributed by atoms with Gasteiger partial charge < -0.3 is 4.74 Å². The summed E-state index contributed by atoms with van der Waals surface area (Å²) in [7, 11) is 0. The lowest BCUT2D eigenvalue weighted by atomic mass is 10.1. The van der Waals surface area contributed by atoms with Crippen LogP contribution in [0.1, 0.15) is 37.5 Å². The zero-order valence-electron chi connectivity index (χ0n) is 10.1. The molecule has 2 nitrogen and oxygen atoms in total. The van der Waals surface area contributed by atoms with E-state index in [1.807, 2.05) is 33.9 Å². The Labute approximate surface area is 87.3 Å². The molecule has 0 fully saturated rings. The van der Waals surface area contributed by atoms with E-state index in [2.05, 4.69) is 18.8 Å². The molecule has 1 aromatic heterocycles. The molecule has 14 heavy (non-hydrogen) atoms. The smallest absolute Gasteiger partial charge is 0.216 e. The number of nitrogens with zero attached hydrogens (tertiary/aromatic N) is 1. The van der Waals surface area contributed by atoms with Gasteiger partial charge in [0.15, 0.2) is 0 Å². The van der Waals surface area contributed by atoms with Gasteiger partial charge in [-0.1, -0.05) is 13.8 Å². The lowest BCUT2D eigenvalue weighted by molar-refractivity contribution is 0.324. The molecule has 0 saturated carbocycles. The van der Waals surface area contributed by atoms with Gasteiger partial charge in [0.1, 0.15) is 0 Å². The number of rotatable bonds is 2. The van der Waals surface area contributed by atoms with Gasteiger partial charge in [-0.05, 0) is 38.8 Å². The summed E-state index contributed by atoms with van der Waals surface area (Å²) in [5.74, 6) is 0.764. The molecule has 0 radical (unpaired) electrons. The summed E-state index contributed by atoms with van der Waals surface area (Å²) < 4.78 is 5.36. The highest BCUT2D eigenvalue weighted by molar-refractivity contribution is 5.36. The third kappa shape index (κ3) is 3.02. The van der Waals surface area contributed by atoms with E-state index < -0.39 is 0 Å². The van der Waals surface area contributed by atoms with Crippen molar-refractivity contribution in [2.75, 3.05) is 6.61 Å². The lowest BCUT2D eigenvalue weighted by Crippen LogP contribution is -1.99. The topological polar surface area (TPSA) is 22.1 Å². The van der Waals surface area contributed by atoms with Crippen molar-refractivity contribution in [2.24, 2.45) is 0 Å². The number of aromatic nitrogens is 1. The molecule has 0 aromatic carbocycles. The Bertz CT molecular complexity index is 282. The predicted molar refractivity (Wildman–Crippen MR) is 61.0 cm³/mol. The van der Waals surface area contributed by atoms with Crippen molar-refractivity contribution in [3.63, 3.8) is 0 Å². The first-order chi connectivity index (χ1) is 6.66. The Balaban J connectivity index is 0.000000791. The van der Waals surface area contributed by atoms with Gasteiger partial charge in [-0.15, -0.1) is 0 Å². The van der Waals surface area contributed by atoms with Gasteiger partial charge in [0, 0.05) is 11.8 Å². The molecule has 1 rings (SSSR count). The third-order valence-corrected chi connectivity index (χ3v) is 2.13. The molecule has 0 spiro atoms. The maximum Gasteiger partial charge on any atom is 0.216 e. The van der Waals surface area contributed by atoms with Crippen LogP contribution in [0, 0.1) is 20.8 Å². The van der Waals surface area contributed by atoms with Crippen molar-refractivity contribution >= 4 is 0 Å². The van der Waals surface area contributed by atoms with E-state index in [-0.39, 0.29) is 0 Å². The van der Waals surface area contributed by atoms with Gasteiger partial charge in [-0.25, -0.2) is 4.98 Å². The van der Waals surface area contributed by atoms with Crippen molar-refractivity contribution in [1.29, 1.82) is 0 Å². The average molecular weight is 195 g/mol. The summed E-state index contributed by atoms with van der Waals surface area (Å²) in [5.41, 5.74) is 3.64. The van der Waals surface area contributed by atoms with Gasteiger partial charge in [-0.3, -0.25) is 0 Å². The van der Waals surface area contributed by atoms with Gasteiger partial charge >= 0.3 is 0 Å². The number of aryl methyl sites for hydroxylation is 1. The van der Waals surface area contributed by atoms with Crippen LogP contribution in [0.3, 0.4) is 0 Å². The first-order valence-corrected chi connectivity index (χ1v) is 5.22. The molecule has 0 N–H and O–H groups in total. The Hall–Kier alpha value is -1.05. The van der Waals surface area contributed by atoms with Crippen molar-refractivity contribution in [3.05, 3.63) is 22.9 Å². The summed E-state index contributed by atoms with van der Waals surface area (Å²) in [5, 5.41) is 0. The minimum atomic E-state index is 0.677. The molecule has 0 amide bonds. The molecule has 0 bridgehead atoms. The molecular formula is C12H21NO. The quantitative estimate of drug-likeness (QED) is 0.721. The van der Waals surface area contributed by atoms with Crippen LogP contribution in [0.25, 0.3) is 0 Å². The summed E-state index contributed by atoms with van der Waals surface area (Å²) >= 11 is 0. The number of pyridine rings is 1. The Morgan fingerprint density at radius 1 is 1.14 bits per heavy atom. The number of ether oxygens (including phenoxy) is 1. The lowest BCUT2D eigenvalue weighted by Gasteiger charge is -2.09. The van der Waals surface area contributed by atoms with Gasteiger partial charge in [0.2, 0.25) is 5.88 Å². The van der Waals surface area contributed by atoms with Crippen LogP contribution in [0.4, 0.5) is 0 Å². The van der Waals surface area contributed by atoms with Crippen molar-refractivity contribution in [2.45, 2.75) is 41.5 Å². The normalized spacial score (nSPS) is 9.00. The largest absolute Gasteiger partial charge is 0.478 e. The second-order valence-corrected chi connectivity index (χ2v) is 2.93. The van der Waals surface area contributed by atoms with Crippen molar-refractivity contribution in [1.82, 2.24) is 4.98 Å². The van der Waals surface area contributed by atoms with Gasteiger partial charge in [0.05, 0.1) is 6.61 Å². The molecule has 0 aliphatic heterocycles. The number of hydrogen-bond donors (Lipinski definition) is 0. The molecule has 1 heterocycles. The molecule has 0 saturated heterocycles. The maximum atomic E-state index is 5.36. The highest BCUT2D eigenvalue weighted by atomic mass is 16.5. The van der Waals surface area contributed by atoms with E-state index >= 15 is 0 Å². The SMILES string of the molecule is CC.CCOc1ncc(C)c(C)c1C. The van der Waals surface area contributed by atoms with E-state index in [1.165, 1.54) is 11.1 Å². The van der Waals surface area contributed by atoms with Crippen molar-refractivity contribution in [3.8, 4) is 5.88 Å². The second kappa shape index (κ2) is 6.41. The fourth-order valence-corrected chi connectivity index (χ4v) is 1.09. The van der Waals surface area contributed by atoms with E-state index in [9.17, 15) is 0 Å². The molecule has 0 aliphatic carbocycles. The zero-order chi connectivity index (χ0) is 11.1. The first kappa shape index (κ1) is 12.9. The van der Waals surface area contributed by atoms with Crippen LogP contribution >= 0.6 is 0 Å². The van der Waals surface area contributed by atoms with Crippen LogP contribution in [-0.2, 0) is 0 Å². The Morgan fingerprint density at radius 2 is 1.71 bits per heavy atom. The highest BCUT2D eigenvalue weighted by Crippen LogP contribution is 2.20. The van der Waals surface area contributed by atoms with Crippen LogP contribution in [0.15, 0.2) is 6.20 Å². The van der Waals surface area contributed by atoms with E-state index in [0.29, 0.717) is 6.61 Å². The molecule has 0 aliphatic rings. The van der Waals surface area contributed by atoms with Crippen LogP contribution in [0.2, 0.25) is 0 Å². The monoisotopic (exact) mass is 195 g/mol. The zero-order valence-corrected chi connectivity index (χ0v) is 10.1. The molecule has 1 aromatic rings. The fourth-order valence-electron chi connectivity index (χ4n) is 1.09. The summed E-state index contributed by atoms with van der Waals surface area (Å²) in [6, 6.07) is 0. The minimum absolute atomic E-state index is 0.677. The third-order valence-electron chi connectivity index (χ3n) is 2.13. The predicted octanol–water partition coefficient (Wildman–Crippen LogP) is 3.43. The molecule has 2 heteroatoms. The Morgan fingerprint density at radius 3 is 2.21 bits per heavy atom. The van der Waals surface area contributed by atoms with E-state index in [0.717, 1.165) is 11.4 Å². The summed E-state index contributed by atoms with van der Waals surface area (Å²) in [6.45, 7) is 12.8. The highest BCUT2D eigenvalue weighted by Gasteiger charge is 2.04. The molecule has 80 valence electrons. The second-order valence-electron chi connectivity index (χ2n) is 2.93. The van der Waals surface area contributed by atoms with Crippen LogP contribution < -0.4 is 4.74 Å². The summed E-state index contributed by atoms with van der Waals surface area (Å²) in [4.78, 5) is 4.21. The van der Waals surface area contributed by atoms with E-state index in [1.54, 1.807) is 0 Å². The van der Waals surface area contributed by atoms with Crippen LogP contribution in [-0.4, -0.2) is 11.6 Å². The Kier molecular flexibility index (Phi) is 5.93.